The van der Waals surface area contributed by atoms with Crippen molar-refractivity contribution in [3.8, 4) is 0 Å². The van der Waals surface area contributed by atoms with Crippen LogP contribution in [0.15, 0.2) is 59.6 Å². The van der Waals surface area contributed by atoms with Gasteiger partial charge in [0.05, 0.1) is 5.52 Å². The Morgan fingerprint density at radius 3 is 2.44 bits per heavy atom. The number of allylic oxidation sites excluding steroid dienone is 6. The number of hydrogen-bond donors (Lipinski definition) is 4. The molecule has 1 saturated carbocycles. The monoisotopic (exact) mass is 490 g/mol. The summed E-state index contributed by atoms with van der Waals surface area (Å²) in [5.74, 6) is 6.15. The minimum Gasteiger partial charge on any atom is -0.354 e. The number of fused-ring (bicyclic) bond motifs is 1. The molecule has 1 aromatic heterocycles. The third kappa shape index (κ3) is 6.31. The number of nitrogens with one attached hydrogen (secondary N) is 3. The van der Waals surface area contributed by atoms with Gasteiger partial charge in [0.15, 0.2) is 5.82 Å². The largest absolute Gasteiger partial charge is 0.399 e. The number of alkyl halides is 3. The molecule has 0 amide bonds. The number of hydrogen-bond acceptors (Lipinski definition) is 7. The zero-order chi connectivity index (χ0) is 24.0. The highest BCUT2D eigenvalue weighted by Crippen LogP contribution is 2.38. The van der Waals surface area contributed by atoms with Gasteiger partial charge in [-0.15, -0.1) is 0 Å². The number of anilines is 2. The van der Waals surface area contributed by atoms with Gasteiger partial charge < -0.3 is 10.7 Å². The topological polar surface area (TPSA) is 87.9 Å². The van der Waals surface area contributed by atoms with E-state index in [1.165, 1.54) is 12.2 Å². The Kier molecular flexibility index (Phi) is 8.12. The maximum Gasteiger partial charge on any atom is 0.399 e. The van der Waals surface area contributed by atoms with Gasteiger partial charge in [0, 0.05) is 23.4 Å². The van der Waals surface area contributed by atoms with E-state index in [0.29, 0.717) is 30.1 Å². The molecule has 4 rings (SSSR count). The van der Waals surface area contributed by atoms with E-state index in [1.807, 2.05) is 24.3 Å². The van der Waals surface area contributed by atoms with Gasteiger partial charge in [-0.2, -0.15) is 18.2 Å². The van der Waals surface area contributed by atoms with Crippen LogP contribution in [0.25, 0.3) is 10.9 Å². The van der Waals surface area contributed by atoms with Crippen LogP contribution in [0.4, 0.5) is 24.9 Å². The second kappa shape index (κ2) is 11.2. The molecule has 0 spiro atoms. The molecule has 2 aliphatic carbocycles. The average Bonchev–Trinajstić information content (AvgIpc) is 3.09. The van der Waals surface area contributed by atoms with Crippen LogP contribution in [0.1, 0.15) is 25.7 Å². The highest BCUT2D eigenvalue weighted by atomic mass is 32.2. The van der Waals surface area contributed by atoms with E-state index < -0.39 is 12.1 Å². The summed E-state index contributed by atoms with van der Waals surface area (Å²) in [6, 6.07) is 7.69. The summed E-state index contributed by atoms with van der Waals surface area (Å²) < 4.78 is 43.2. The zero-order valence-electron chi connectivity index (χ0n) is 18.7. The molecule has 2 aromatic rings. The van der Waals surface area contributed by atoms with E-state index >= 15 is 0 Å². The lowest BCUT2D eigenvalue weighted by Crippen LogP contribution is -2.27. The molecule has 6 nitrogen and oxygen atoms in total. The van der Waals surface area contributed by atoms with Gasteiger partial charge in [0.2, 0.25) is 5.95 Å². The van der Waals surface area contributed by atoms with E-state index in [-0.39, 0.29) is 4.91 Å². The summed E-state index contributed by atoms with van der Waals surface area (Å²) in [6.07, 6.45) is 7.36. The van der Waals surface area contributed by atoms with Gasteiger partial charge in [0.1, 0.15) is 5.92 Å². The summed E-state index contributed by atoms with van der Waals surface area (Å²) in [4.78, 5) is 9.32. The van der Waals surface area contributed by atoms with Gasteiger partial charge in [-0.25, -0.2) is 10.8 Å². The van der Waals surface area contributed by atoms with Crippen LogP contribution in [0.5, 0.6) is 0 Å². The Balaban J connectivity index is 1.22. The standard InChI is InChI=1S/C24H29F3N6S/c25-24(26,27)19-7-2-1-3-9-21(19)34-30-15-17-12-10-16(11-13-17)14-29-23-31-20-8-5-4-6-18(20)22(32-23)33-28/h1-9,16-17,19,30H,10-15,28H2,(H2,29,31,32,33). The SMILES string of the molecule is NNc1nc(NCC2CCC(CNSC3=CC=CC=CC3C(F)(F)F)CC2)nc2ccccc12. The van der Waals surface area contributed by atoms with Crippen LogP contribution < -0.4 is 21.3 Å². The molecule has 182 valence electrons. The molecule has 1 unspecified atom stereocenters. The lowest BCUT2D eigenvalue weighted by Gasteiger charge is -2.29. The number of benzene rings is 1. The smallest absolute Gasteiger partial charge is 0.354 e. The summed E-state index contributed by atoms with van der Waals surface area (Å²) in [5, 5.41) is 4.21. The number of rotatable bonds is 8. The molecular formula is C24H29F3N6S. The number of nitrogens with zero attached hydrogens (tertiary/aromatic N) is 2. The predicted molar refractivity (Wildman–Crippen MR) is 133 cm³/mol. The molecule has 5 N–H and O–H groups in total. The Bertz CT molecular complexity index is 1060. The molecule has 1 fully saturated rings. The fraction of sp³-hybridized carbons (Fsp3) is 0.417. The average molecular weight is 491 g/mol. The van der Waals surface area contributed by atoms with Gasteiger partial charge >= 0.3 is 6.18 Å². The summed E-state index contributed by atoms with van der Waals surface area (Å²) in [6.45, 7) is 1.47. The first-order valence-corrected chi connectivity index (χ1v) is 12.2. The number of nitrogen functional groups attached to an aromatic ring is 1. The molecule has 1 aromatic carbocycles. The highest BCUT2D eigenvalue weighted by molar-refractivity contribution is 8.01. The third-order valence-corrected chi connectivity index (χ3v) is 7.20. The van der Waals surface area contributed by atoms with Crippen molar-refractivity contribution in [2.24, 2.45) is 23.6 Å². The minimum absolute atomic E-state index is 0.275. The maximum absolute atomic E-state index is 13.3. The lowest BCUT2D eigenvalue weighted by atomic mass is 9.82. The summed E-state index contributed by atoms with van der Waals surface area (Å²) in [5.41, 5.74) is 3.46. The maximum atomic E-state index is 13.3. The van der Waals surface area contributed by atoms with E-state index in [0.717, 1.165) is 55.1 Å². The van der Waals surface area contributed by atoms with Gasteiger partial charge in [-0.05, 0) is 61.6 Å². The van der Waals surface area contributed by atoms with Crippen molar-refractivity contribution in [3.63, 3.8) is 0 Å². The summed E-state index contributed by atoms with van der Waals surface area (Å²) >= 11 is 1.10. The Morgan fingerprint density at radius 1 is 0.971 bits per heavy atom. The Hall–Kier alpha value is -2.56. The van der Waals surface area contributed by atoms with Crippen LogP contribution in [0.3, 0.4) is 0 Å². The quantitative estimate of drug-likeness (QED) is 0.219. The number of nitrogens with two attached hydrogens (primary N) is 1. The van der Waals surface area contributed by atoms with Gasteiger partial charge in [-0.3, -0.25) is 4.72 Å². The zero-order valence-corrected chi connectivity index (χ0v) is 19.5. The molecule has 1 atom stereocenters. The van der Waals surface area contributed by atoms with Crippen LogP contribution in [0.2, 0.25) is 0 Å². The second-order valence-corrected chi connectivity index (χ2v) is 9.60. The Morgan fingerprint density at radius 2 is 1.71 bits per heavy atom. The van der Waals surface area contributed by atoms with Crippen molar-refractivity contribution in [1.29, 1.82) is 0 Å². The van der Waals surface area contributed by atoms with E-state index in [9.17, 15) is 13.2 Å². The molecular weight excluding hydrogens is 461 g/mol. The number of aromatic nitrogens is 2. The van der Waals surface area contributed by atoms with Crippen molar-refractivity contribution in [2.75, 3.05) is 23.8 Å². The van der Waals surface area contributed by atoms with Gasteiger partial charge in [-0.1, -0.05) is 42.5 Å². The fourth-order valence-electron chi connectivity index (χ4n) is 4.34. The van der Waals surface area contributed by atoms with Crippen molar-refractivity contribution in [2.45, 2.75) is 31.9 Å². The third-order valence-electron chi connectivity index (χ3n) is 6.26. The molecule has 34 heavy (non-hydrogen) atoms. The van der Waals surface area contributed by atoms with Crippen LogP contribution in [-0.2, 0) is 0 Å². The van der Waals surface area contributed by atoms with Gasteiger partial charge in [0.25, 0.3) is 0 Å². The van der Waals surface area contributed by atoms with Crippen molar-refractivity contribution >= 4 is 34.6 Å². The van der Waals surface area contributed by atoms with Crippen LogP contribution in [0, 0.1) is 17.8 Å². The molecule has 0 radical (unpaired) electrons. The molecule has 1 heterocycles. The van der Waals surface area contributed by atoms with Crippen LogP contribution in [-0.4, -0.2) is 29.2 Å². The molecule has 0 bridgehead atoms. The van der Waals surface area contributed by atoms with Crippen LogP contribution >= 0.6 is 11.9 Å². The number of para-hydroxylation sites is 1. The number of halogens is 3. The van der Waals surface area contributed by atoms with E-state index in [4.69, 9.17) is 5.84 Å². The molecule has 2 aliphatic rings. The van der Waals surface area contributed by atoms with Crippen molar-refractivity contribution < 1.29 is 13.2 Å². The van der Waals surface area contributed by atoms with E-state index in [2.05, 4.69) is 25.4 Å². The Labute approximate surface area is 201 Å². The summed E-state index contributed by atoms with van der Waals surface area (Å²) in [7, 11) is 0. The van der Waals surface area contributed by atoms with Crippen molar-refractivity contribution in [3.05, 3.63) is 59.6 Å². The first kappa shape index (κ1) is 24.6. The molecule has 0 saturated heterocycles. The van der Waals surface area contributed by atoms with Crippen molar-refractivity contribution in [1.82, 2.24) is 14.7 Å². The second-order valence-electron chi connectivity index (χ2n) is 8.63. The predicted octanol–water partition coefficient (Wildman–Crippen LogP) is 5.56. The first-order valence-electron chi connectivity index (χ1n) is 11.4. The fourth-order valence-corrected chi connectivity index (χ4v) is 5.31. The van der Waals surface area contributed by atoms with E-state index in [1.54, 1.807) is 18.2 Å². The number of hydrazine groups is 1. The minimum atomic E-state index is -4.29. The molecule has 10 heteroatoms. The first-order chi connectivity index (χ1) is 16.4. The highest BCUT2D eigenvalue weighted by Gasteiger charge is 2.40. The normalized spacial score (nSPS) is 22.9. The lowest BCUT2D eigenvalue weighted by molar-refractivity contribution is -0.149. The molecule has 0 aliphatic heterocycles.